The van der Waals surface area contributed by atoms with Crippen LogP contribution in [-0.4, -0.2) is 22.9 Å². The third kappa shape index (κ3) is 3.11. The van der Waals surface area contributed by atoms with Crippen molar-refractivity contribution < 1.29 is 14.3 Å². The van der Waals surface area contributed by atoms with Crippen molar-refractivity contribution in [3.05, 3.63) is 84.4 Å². The molecule has 3 aromatic rings. The van der Waals surface area contributed by atoms with E-state index in [2.05, 4.69) is 0 Å². The van der Waals surface area contributed by atoms with Gasteiger partial charge in [-0.2, -0.15) is 0 Å². The largest absolute Gasteiger partial charge is 0.466 e. The van der Waals surface area contributed by atoms with Gasteiger partial charge in [-0.25, -0.2) is 4.99 Å². The van der Waals surface area contributed by atoms with E-state index in [-0.39, 0.29) is 12.2 Å². The molecule has 2 bridgehead atoms. The number of hydrogen-bond acceptors (Lipinski definition) is 6. The lowest BCUT2D eigenvalue weighted by molar-refractivity contribution is -0.160. The summed E-state index contributed by atoms with van der Waals surface area (Å²) < 4.78 is 13.6. The molecule has 2 aliphatic heterocycles. The molecule has 3 unspecified atom stereocenters. The highest BCUT2D eigenvalue weighted by molar-refractivity contribution is 7.07. The Morgan fingerprint density at radius 1 is 1.29 bits per heavy atom. The van der Waals surface area contributed by atoms with Gasteiger partial charge in [0.1, 0.15) is 11.7 Å². The van der Waals surface area contributed by atoms with Gasteiger partial charge in [0.15, 0.2) is 4.80 Å². The van der Waals surface area contributed by atoms with Crippen LogP contribution in [0.3, 0.4) is 0 Å². The number of rotatable bonds is 3. The smallest absolute Gasteiger partial charge is 0.317 e. The Labute approximate surface area is 187 Å². The fraction of sp³-hybridized carbons (Fsp3) is 0.261. The van der Waals surface area contributed by atoms with Crippen LogP contribution in [0.4, 0.5) is 0 Å². The quantitative estimate of drug-likeness (QED) is 0.570. The van der Waals surface area contributed by atoms with Gasteiger partial charge in [0.25, 0.3) is 5.56 Å². The van der Waals surface area contributed by atoms with Crippen LogP contribution in [0.25, 0.3) is 6.08 Å². The third-order valence-electron chi connectivity index (χ3n) is 5.61. The number of hydrogen-bond donors (Lipinski definition) is 0. The first-order valence-corrected chi connectivity index (χ1v) is 11.1. The van der Waals surface area contributed by atoms with Gasteiger partial charge in [0, 0.05) is 10.6 Å². The maximum Gasteiger partial charge on any atom is 0.317 e. The Morgan fingerprint density at radius 2 is 2.03 bits per heavy atom. The number of nitrogens with zero attached hydrogens (tertiary/aromatic N) is 2. The lowest BCUT2D eigenvalue weighted by atomic mass is 9.81. The fourth-order valence-electron chi connectivity index (χ4n) is 4.27. The second-order valence-electron chi connectivity index (χ2n) is 7.57. The molecule has 0 saturated heterocycles. The molecule has 0 spiro atoms. The SMILES string of the molecule is CCOC(=O)C1C2c3ccccc3OC1(C)N=c1s/c(=C\c3ccccc3Cl)c(=O)n12. The van der Waals surface area contributed by atoms with E-state index in [0.29, 0.717) is 20.1 Å². The number of thiazole rings is 1. The van der Waals surface area contributed by atoms with Gasteiger partial charge in [-0.3, -0.25) is 14.2 Å². The zero-order valence-electron chi connectivity index (χ0n) is 16.9. The van der Waals surface area contributed by atoms with Crippen molar-refractivity contribution >= 4 is 35.0 Å². The molecule has 31 heavy (non-hydrogen) atoms. The summed E-state index contributed by atoms with van der Waals surface area (Å²) in [5.74, 6) is -0.608. The van der Waals surface area contributed by atoms with Gasteiger partial charge in [0.05, 0.1) is 17.2 Å². The highest BCUT2D eigenvalue weighted by Crippen LogP contribution is 2.47. The summed E-state index contributed by atoms with van der Waals surface area (Å²) in [7, 11) is 0. The van der Waals surface area contributed by atoms with Crippen molar-refractivity contribution in [1.82, 2.24) is 4.57 Å². The molecule has 3 heterocycles. The van der Waals surface area contributed by atoms with Crippen LogP contribution in [0.15, 0.2) is 58.3 Å². The Hall–Kier alpha value is -2.90. The van der Waals surface area contributed by atoms with Crippen LogP contribution >= 0.6 is 22.9 Å². The third-order valence-corrected chi connectivity index (χ3v) is 6.94. The number of aromatic nitrogens is 1. The molecule has 158 valence electrons. The molecule has 0 amide bonds. The van der Waals surface area contributed by atoms with E-state index in [9.17, 15) is 9.59 Å². The van der Waals surface area contributed by atoms with Crippen molar-refractivity contribution in [3.63, 3.8) is 0 Å². The zero-order chi connectivity index (χ0) is 21.8. The molecular formula is C23H19ClN2O4S. The molecule has 0 fully saturated rings. The van der Waals surface area contributed by atoms with Crippen LogP contribution in [0.5, 0.6) is 5.75 Å². The number of carbonyl (C=O) groups is 1. The maximum absolute atomic E-state index is 13.5. The fourth-order valence-corrected chi connectivity index (χ4v) is 5.55. The molecule has 6 nitrogen and oxygen atoms in total. The van der Waals surface area contributed by atoms with Crippen molar-refractivity contribution in [3.8, 4) is 5.75 Å². The van der Waals surface area contributed by atoms with Crippen molar-refractivity contribution in [2.75, 3.05) is 6.61 Å². The molecule has 0 radical (unpaired) electrons. The average molecular weight is 455 g/mol. The number of para-hydroxylation sites is 1. The summed E-state index contributed by atoms with van der Waals surface area (Å²) in [5, 5.41) is 0.555. The molecule has 1 aromatic heterocycles. The van der Waals surface area contributed by atoms with Gasteiger partial charge in [-0.15, -0.1) is 0 Å². The van der Waals surface area contributed by atoms with E-state index in [0.717, 1.165) is 11.1 Å². The number of esters is 1. The first kappa shape index (κ1) is 20.0. The molecule has 8 heteroatoms. The number of halogens is 1. The first-order chi connectivity index (χ1) is 14.9. The zero-order valence-corrected chi connectivity index (χ0v) is 18.4. The van der Waals surface area contributed by atoms with Crippen LogP contribution < -0.4 is 19.6 Å². The van der Waals surface area contributed by atoms with E-state index in [1.54, 1.807) is 30.6 Å². The summed E-state index contributed by atoms with van der Waals surface area (Å²) in [6.07, 6.45) is 1.76. The summed E-state index contributed by atoms with van der Waals surface area (Å²) >= 11 is 7.55. The minimum atomic E-state index is -1.18. The molecule has 3 atom stereocenters. The summed E-state index contributed by atoms with van der Waals surface area (Å²) in [6.45, 7) is 3.75. The van der Waals surface area contributed by atoms with Crippen molar-refractivity contribution in [2.45, 2.75) is 25.6 Å². The second-order valence-corrected chi connectivity index (χ2v) is 8.99. The Morgan fingerprint density at radius 3 is 2.81 bits per heavy atom. The molecule has 5 rings (SSSR count). The highest BCUT2D eigenvalue weighted by Gasteiger charge is 2.55. The molecule has 0 aliphatic carbocycles. The van der Waals surface area contributed by atoms with Crippen LogP contribution in [0.2, 0.25) is 5.02 Å². The molecular weight excluding hydrogens is 436 g/mol. The van der Waals surface area contributed by atoms with Crippen LogP contribution in [0, 0.1) is 5.92 Å². The number of carbonyl (C=O) groups excluding carboxylic acids is 1. The summed E-state index contributed by atoms with van der Waals surface area (Å²) in [5.41, 5.74) is 0.109. The van der Waals surface area contributed by atoms with Crippen LogP contribution in [0.1, 0.15) is 31.0 Å². The van der Waals surface area contributed by atoms with E-state index < -0.39 is 23.7 Å². The number of ether oxygens (including phenoxy) is 2. The predicted molar refractivity (Wildman–Crippen MR) is 118 cm³/mol. The average Bonchev–Trinajstić information content (AvgIpc) is 3.03. The van der Waals surface area contributed by atoms with E-state index in [4.69, 9.17) is 26.1 Å². The monoisotopic (exact) mass is 454 g/mol. The Kier molecular flexibility index (Phi) is 4.75. The topological polar surface area (TPSA) is 69.9 Å². The van der Waals surface area contributed by atoms with Gasteiger partial charge >= 0.3 is 5.97 Å². The maximum atomic E-state index is 13.5. The van der Waals surface area contributed by atoms with Crippen LogP contribution in [-0.2, 0) is 9.53 Å². The first-order valence-electron chi connectivity index (χ1n) is 9.95. The van der Waals surface area contributed by atoms with E-state index >= 15 is 0 Å². The molecule has 2 aliphatic rings. The normalized spacial score (nSPS) is 23.9. The minimum absolute atomic E-state index is 0.221. The molecule has 2 aromatic carbocycles. The lowest BCUT2D eigenvalue weighted by Gasteiger charge is -2.44. The van der Waals surface area contributed by atoms with Gasteiger partial charge < -0.3 is 9.47 Å². The lowest BCUT2D eigenvalue weighted by Crippen LogP contribution is -2.58. The van der Waals surface area contributed by atoms with Gasteiger partial charge in [-0.1, -0.05) is 59.3 Å². The van der Waals surface area contributed by atoms with Crippen molar-refractivity contribution in [1.29, 1.82) is 0 Å². The second kappa shape index (κ2) is 7.35. The van der Waals surface area contributed by atoms with Gasteiger partial charge in [-0.05, 0) is 37.6 Å². The highest BCUT2D eigenvalue weighted by atomic mass is 35.5. The standard InChI is InChI=1S/C23H19ClN2O4S/c1-3-29-21(28)18-19-14-9-5-7-11-16(14)30-23(18,2)25-22-26(19)20(27)17(31-22)12-13-8-4-6-10-15(13)24/h4-12,18-19H,3H2,1-2H3/b17-12-. The Bertz CT molecular complexity index is 1380. The summed E-state index contributed by atoms with van der Waals surface area (Å²) in [6, 6.07) is 14.2. The Balaban J connectivity index is 1.79. The molecule has 0 N–H and O–H groups in total. The predicted octanol–water partition coefficient (Wildman–Crippen LogP) is 2.90. The van der Waals surface area contributed by atoms with E-state index in [1.807, 2.05) is 42.5 Å². The number of benzene rings is 2. The number of fused-ring (bicyclic) bond motifs is 6. The minimum Gasteiger partial charge on any atom is -0.466 e. The summed E-state index contributed by atoms with van der Waals surface area (Å²) in [4.78, 5) is 31.7. The van der Waals surface area contributed by atoms with Crippen molar-refractivity contribution in [2.24, 2.45) is 10.9 Å². The van der Waals surface area contributed by atoms with Gasteiger partial charge in [0.2, 0.25) is 5.72 Å². The van der Waals surface area contributed by atoms with E-state index in [1.165, 1.54) is 11.3 Å². The molecule has 0 saturated carbocycles.